The van der Waals surface area contributed by atoms with Crippen LogP contribution in [0.1, 0.15) is 31.9 Å². The summed E-state index contributed by atoms with van der Waals surface area (Å²) in [6, 6.07) is 5.27. The molecule has 2 heterocycles. The lowest BCUT2D eigenvalue weighted by Crippen LogP contribution is -2.45. The second-order valence-electron chi connectivity index (χ2n) is 4.47. The van der Waals surface area contributed by atoms with Crippen molar-refractivity contribution < 1.29 is 9.53 Å². The standard InChI is InChI=1S/C14H17N3O2/c1-2-19-14(18)13-5-3-4-8-17(13)12-7-6-11(9-15)16-10-12/h6-7,10,13H,2-5,8H2,1H3. The van der Waals surface area contributed by atoms with Crippen LogP contribution in [0.5, 0.6) is 0 Å². The number of carbonyl (C=O) groups is 1. The van der Waals surface area contributed by atoms with Gasteiger partial charge in [0.25, 0.3) is 0 Å². The van der Waals surface area contributed by atoms with E-state index < -0.39 is 0 Å². The highest BCUT2D eigenvalue weighted by atomic mass is 16.5. The summed E-state index contributed by atoms with van der Waals surface area (Å²) in [4.78, 5) is 18.0. The molecule has 5 nitrogen and oxygen atoms in total. The van der Waals surface area contributed by atoms with Crippen LogP contribution in [0, 0.1) is 11.3 Å². The molecule has 1 aliphatic heterocycles. The van der Waals surface area contributed by atoms with E-state index in [1.165, 1.54) is 0 Å². The second-order valence-corrected chi connectivity index (χ2v) is 4.47. The van der Waals surface area contributed by atoms with Gasteiger partial charge in [0, 0.05) is 6.54 Å². The van der Waals surface area contributed by atoms with Crippen molar-refractivity contribution in [2.24, 2.45) is 0 Å². The van der Waals surface area contributed by atoms with E-state index in [1.807, 2.05) is 24.0 Å². The quantitative estimate of drug-likeness (QED) is 0.775. The van der Waals surface area contributed by atoms with Crippen LogP contribution in [-0.2, 0) is 9.53 Å². The fourth-order valence-corrected chi connectivity index (χ4v) is 2.35. The molecule has 2 rings (SSSR count). The van der Waals surface area contributed by atoms with Crippen molar-refractivity contribution in [3.05, 3.63) is 24.0 Å². The first-order valence-electron chi connectivity index (χ1n) is 6.55. The van der Waals surface area contributed by atoms with E-state index in [4.69, 9.17) is 10.00 Å². The molecule has 0 spiro atoms. The van der Waals surface area contributed by atoms with E-state index >= 15 is 0 Å². The number of anilines is 1. The van der Waals surface area contributed by atoms with Gasteiger partial charge in [-0.3, -0.25) is 0 Å². The Balaban J connectivity index is 2.18. The number of nitrogens with zero attached hydrogens (tertiary/aromatic N) is 3. The van der Waals surface area contributed by atoms with Crippen molar-refractivity contribution in [1.29, 1.82) is 5.26 Å². The van der Waals surface area contributed by atoms with Crippen LogP contribution in [-0.4, -0.2) is 30.1 Å². The number of pyridine rings is 1. The molecule has 1 aromatic heterocycles. The van der Waals surface area contributed by atoms with Crippen molar-refractivity contribution in [3.8, 4) is 6.07 Å². The summed E-state index contributed by atoms with van der Waals surface area (Å²) in [6.45, 7) is 3.03. The predicted octanol–water partition coefficient (Wildman–Crippen LogP) is 1.88. The van der Waals surface area contributed by atoms with Gasteiger partial charge in [-0.1, -0.05) is 0 Å². The van der Waals surface area contributed by atoms with E-state index in [0.29, 0.717) is 12.3 Å². The molecule has 1 unspecified atom stereocenters. The summed E-state index contributed by atoms with van der Waals surface area (Å²) in [5, 5.41) is 8.75. The molecule has 1 aromatic rings. The van der Waals surface area contributed by atoms with Crippen LogP contribution in [0.25, 0.3) is 0 Å². The molecule has 1 fully saturated rings. The molecular formula is C14H17N3O2. The first kappa shape index (κ1) is 13.3. The van der Waals surface area contributed by atoms with Gasteiger partial charge < -0.3 is 9.64 Å². The highest BCUT2D eigenvalue weighted by Gasteiger charge is 2.30. The average Bonchev–Trinajstić information content (AvgIpc) is 2.47. The zero-order chi connectivity index (χ0) is 13.7. The summed E-state index contributed by atoms with van der Waals surface area (Å²) in [5.41, 5.74) is 1.25. The van der Waals surface area contributed by atoms with E-state index in [1.54, 1.807) is 12.3 Å². The van der Waals surface area contributed by atoms with E-state index in [2.05, 4.69) is 4.98 Å². The number of nitriles is 1. The second kappa shape index (κ2) is 6.19. The molecular weight excluding hydrogens is 242 g/mol. The molecule has 0 aliphatic carbocycles. The molecule has 1 atom stereocenters. The normalized spacial score (nSPS) is 18.7. The number of aromatic nitrogens is 1. The maximum Gasteiger partial charge on any atom is 0.328 e. The van der Waals surface area contributed by atoms with Gasteiger partial charge in [0.15, 0.2) is 0 Å². The Morgan fingerprint density at radius 3 is 3.05 bits per heavy atom. The maximum atomic E-state index is 12.0. The van der Waals surface area contributed by atoms with Gasteiger partial charge in [0.1, 0.15) is 17.8 Å². The molecule has 5 heteroatoms. The molecule has 0 N–H and O–H groups in total. The topological polar surface area (TPSA) is 66.2 Å². The minimum atomic E-state index is -0.233. The summed E-state index contributed by atoms with van der Waals surface area (Å²) < 4.78 is 5.12. The van der Waals surface area contributed by atoms with Gasteiger partial charge in [-0.25, -0.2) is 9.78 Å². The molecule has 1 saturated heterocycles. The molecule has 1 aliphatic rings. The lowest BCUT2D eigenvalue weighted by atomic mass is 10.0. The number of piperidine rings is 1. The van der Waals surface area contributed by atoms with Gasteiger partial charge in [-0.2, -0.15) is 5.26 Å². The third-order valence-electron chi connectivity index (χ3n) is 3.26. The molecule has 0 bridgehead atoms. The lowest BCUT2D eigenvalue weighted by molar-refractivity contribution is -0.145. The van der Waals surface area contributed by atoms with Crippen molar-refractivity contribution in [1.82, 2.24) is 4.98 Å². The third-order valence-corrected chi connectivity index (χ3v) is 3.26. The number of esters is 1. The first-order chi connectivity index (χ1) is 9.26. The van der Waals surface area contributed by atoms with Crippen molar-refractivity contribution >= 4 is 11.7 Å². The lowest BCUT2D eigenvalue weighted by Gasteiger charge is -2.35. The van der Waals surface area contributed by atoms with Crippen LogP contribution in [0.4, 0.5) is 5.69 Å². The van der Waals surface area contributed by atoms with Gasteiger partial charge in [0.2, 0.25) is 0 Å². The zero-order valence-corrected chi connectivity index (χ0v) is 11.0. The van der Waals surface area contributed by atoms with E-state index in [9.17, 15) is 4.79 Å². The minimum absolute atomic E-state index is 0.174. The molecule has 0 radical (unpaired) electrons. The number of carbonyl (C=O) groups excluding carboxylic acids is 1. The first-order valence-corrected chi connectivity index (χ1v) is 6.55. The molecule has 19 heavy (non-hydrogen) atoms. The SMILES string of the molecule is CCOC(=O)C1CCCCN1c1ccc(C#N)nc1. The van der Waals surface area contributed by atoms with Crippen molar-refractivity contribution in [3.63, 3.8) is 0 Å². The fourth-order valence-electron chi connectivity index (χ4n) is 2.35. The smallest absolute Gasteiger partial charge is 0.328 e. The number of hydrogen-bond acceptors (Lipinski definition) is 5. The monoisotopic (exact) mass is 259 g/mol. The number of hydrogen-bond donors (Lipinski definition) is 0. The zero-order valence-electron chi connectivity index (χ0n) is 11.0. The average molecular weight is 259 g/mol. The Morgan fingerprint density at radius 1 is 1.58 bits per heavy atom. The Bertz CT molecular complexity index is 478. The van der Waals surface area contributed by atoms with Crippen LogP contribution >= 0.6 is 0 Å². The summed E-state index contributed by atoms with van der Waals surface area (Å²) in [5.74, 6) is -0.174. The maximum absolute atomic E-state index is 12.0. The Morgan fingerprint density at radius 2 is 2.42 bits per heavy atom. The van der Waals surface area contributed by atoms with Crippen molar-refractivity contribution in [2.75, 3.05) is 18.1 Å². The van der Waals surface area contributed by atoms with E-state index in [0.717, 1.165) is 31.5 Å². The largest absolute Gasteiger partial charge is 0.464 e. The summed E-state index contributed by atoms with van der Waals surface area (Å²) >= 11 is 0. The summed E-state index contributed by atoms with van der Waals surface area (Å²) in [7, 11) is 0. The van der Waals surface area contributed by atoms with Crippen molar-refractivity contribution in [2.45, 2.75) is 32.2 Å². The Labute approximate surface area is 112 Å². The fraction of sp³-hybridized carbons (Fsp3) is 0.500. The summed E-state index contributed by atoms with van der Waals surface area (Å²) in [6.07, 6.45) is 4.54. The molecule has 0 aromatic carbocycles. The molecule has 0 saturated carbocycles. The van der Waals surface area contributed by atoms with Gasteiger partial charge in [-0.15, -0.1) is 0 Å². The number of ether oxygens (including phenoxy) is 1. The highest BCUT2D eigenvalue weighted by Crippen LogP contribution is 2.25. The third kappa shape index (κ3) is 3.02. The number of rotatable bonds is 3. The van der Waals surface area contributed by atoms with E-state index in [-0.39, 0.29) is 12.0 Å². The Kier molecular flexibility index (Phi) is 4.35. The molecule has 0 amide bonds. The predicted molar refractivity (Wildman–Crippen MR) is 70.6 cm³/mol. The molecule has 100 valence electrons. The van der Waals surface area contributed by atoms with Crippen LogP contribution in [0.3, 0.4) is 0 Å². The van der Waals surface area contributed by atoms with Gasteiger partial charge in [0.05, 0.1) is 18.5 Å². The van der Waals surface area contributed by atoms with Crippen LogP contribution in [0.15, 0.2) is 18.3 Å². The minimum Gasteiger partial charge on any atom is -0.464 e. The van der Waals surface area contributed by atoms with Crippen LogP contribution in [0.2, 0.25) is 0 Å². The highest BCUT2D eigenvalue weighted by molar-refractivity contribution is 5.80. The van der Waals surface area contributed by atoms with Gasteiger partial charge in [-0.05, 0) is 38.3 Å². The Hall–Kier alpha value is -2.09. The van der Waals surface area contributed by atoms with Crippen LogP contribution < -0.4 is 4.90 Å². The van der Waals surface area contributed by atoms with Gasteiger partial charge >= 0.3 is 5.97 Å².